The second-order valence-corrected chi connectivity index (χ2v) is 4.79. The minimum Gasteiger partial charge on any atom is -0.364 e. The smallest absolute Gasteiger partial charge is 0.276 e. The van der Waals surface area contributed by atoms with Crippen LogP contribution in [0.3, 0.4) is 0 Å². The number of amides is 1. The Hall–Kier alpha value is -1.65. The summed E-state index contributed by atoms with van der Waals surface area (Å²) in [6, 6.07) is 1.58. The molecule has 1 saturated heterocycles. The van der Waals surface area contributed by atoms with Crippen LogP contribution in [0, 0.1) is 0 Å². The van der Waals surface area contributed by atoms with Gasteiger partial charge in [-0.2, -0.15) is 0 Å². The first-order chi connectivity index (χ1) is 8.68. The van der Waals surface area contributed by atoms with Gasteiger partial charge in [0.2, 0.25) is 0 Å². The van der Waals surface area contributed by atoms with Crippen molar-refractivity contribution in [1.82, 2.24) is 10.1 Å². The Balaban J connectivity index is 2.14. The maximum Gasteiger partial charge on any atom is 0.276 e. The van der Waals surface area contributed by atoms with Gasteiger partial charge < -0.3 is 9.42 Å². The first-order valence-corrected chi connectivity index (χ1v) is 6.39. The number of hydrogen-bond acceptors (Lipinski definition) is 4. The Morgan fingerprint density at radius 2 is 2.28 bits per heavy atom. The fourth-order valence-electron chi connectivity index (χ4n) is 2.46. The molecule has 1 aromatic rings. The van der Waals surface area contributed by atoms with E-state index in [4.69, 9.17) is 4.52 Å². The molecule has 1 amide bonds. The monoisotopic (exact) mass is 250 g/mol. The third kappa shape index (κ3) is 2.97. The third-order valence-electron chi connectivity index (χ3n) is 3.32. The number of rotatable bonds is 3. The van der Waals surface area contributed by atoms with Crippen molar-refractivity contribution in [3.05, 3.63) is 18.0 Å². The zero-order valence-corrected chi connectivity index (χ0v) is 10.6. The maximum absolute atomic E-state index is 12.3. The number of carbonyl (C=O) groups excluding carboxylic acids is 2. The molecule has 1 fully saturated rings. The molecule has 2 heterocycles. The normalized spacial score (nSPS) is 20.5. The molecule has 0 bridgehead atoms. The number of Topliss-reactive ketones (excluding diaryl/α,β-unsaturated/α-hetero) is 1. The molecule has 0 aromatic carbocycles. The van der Waals surface area contributed by atoms with Crippen LogP contribution in [-0.4, -0.2) is 34.3 Å². The topological polar surface area (TPSA) is 63.4 Å². The molecule has 5 heteroatoms. The lowest BCUT2D eigenvalue weighted by molar-refractivity contribution is -0.118. The fourth-order valence-corrected chi connectivity index (χ4v) is 2.46. The van der Waals surface area contributed by atoms with E-state index >= 15 is 0 Å². The first-order valence-electron chi connectivity index (χ1n) is 6.39. The Morgan fingerprint density at radius 3 is 2.94 bits per heavy atom. The van der Waals surface area contributed by atoms with E-state index in [2.05, 4.69) is 5.16 Å². The highest BCUT2D eigenvalue weighted by atomic mass is 16.5. The Labute approximate surface area is 106 Å². The van der Waals surface area contributed by atoms with Crippen molar-refractivity contribution in [2.75, 3.05) is 6.54 Å². The molecule has 1 unspecified atom stereocenters. The number of carbonyl (C=O) groups is 2. The van der Waals surface area contributed by atoms with Crippen LogP contribution in [0.25, 0.3) is 0 Å². The van der Waals surface area contributed by atoms with Crippen molar-refractivity contribution in [2.24, 2.45) is 0 Å². The summed E-state index contributed by atoms with van der Waals surface area (Å²) in [6.45, 7) is 2.27. The lowest BCUT2D eigenvalue weighted by Crippen LogP contribution is -2.41. The summed E-state index contributed by atoms with van der Waals surface area (Å²) in [5.74, 6) is -0.00301. The molecule has 1 aliphatic heterocycles. The van der Waals surface area contributed by atoms with E-state index in [0.29, 0.717) is 18.7 Å². The van der Waals surface area contributed by atoms with Gasteiger partial charge in [-0.05, 0) is 19.8 Å². The molecule has 0 aliphatic carbocycles. The zero-order chi connectivity index (χ0) is 13.0. The highest BCUT2D eigenvalue weighted by Crippen LogP contribution is 2.21. The molecule has 0 N–H and O–H groups in total. The predicted molar refractivity (Wildman–Crippen MR) is 65.1 cm³/mol. The number of likely N-dealkylation sites (tertiary alicyclic amines) is 1. The molecule has 0 radical (unpaired) electrons. The molecule has 1 aromatic heterocycles. The molecule has 1 aliphatic rings. The molecule has 1 atom stereocenters. The van der Waals surface area contributed by atoms with Crippen LogP contribution >= 0.6 is 0 Å². The summed E-state index contributed by atoms with van der Waals surface area (Å²) in [6.07, 6.45) is 5.88. The number of nitrogens with zero attached hydrogens (tertiary/aromatic N) is 2. The molecule has 2 rings (SSSR count). The Bertz CT molecular complexity index is 414. The van der Waals surface area contributed by atoms with Gasteiger partial charge in [-0.25, -0.2) is 0 Å². The predicted octanol–water partition coefficient (Wildman–Crippen LogP) is 2.04. The molecule has 18 heavy (non-hydrogen) atoms. The van der Waals surface area contributed by atoms with Gasteiger partial charge >= 0.3 is 0 Å². The van der Waals surface area contributed by atoms with E-state index in [-0.39, 0.29) is 17.7 Å². The molecule has 5 nitrogen and oxygen atoms in total. The minimum absolute atomic E-state index is 0.00852. The van der Waals surface area contributed by atoms with Gasteiger partial charge in [0.1, 0.15) is 12.0 Å². The first kappa shape index (κ1) is 12.8. The van der Waals surface area contributed by atoms with Crippen LogP contribution in [-0.2, 0) is 4.79 Å². The van der Waals surface area contributed by atoms with E-state index in [9.17, 15) is 9.59 Å². The van der Waals surface area contributed by atoms with Crippen molar-refractivity contribution < 1.29 is 14.1 Å². The van der Waals surface area contributed by atoms with Crippen molar-refractivity contribution in [2.45, 2.75) is 45.1 Å². The minimum atomic E-state index is -0.128. The summed E-state index contributed by atoms with van der Waals surface area (Å²) >= 11 is 0. The molecule has 98 valence electrons. The van der Waals surface area contributed by atoms with Gasteiger partial charge in [0.25, 0.3) is 5.91 Å². The van der Waals surface area contributed by atoms with Crippen molar-refractivity contribution in [3.63, 3.8) is 0 Å². The molecular weight excluding hydrogens is 232 g/mol. The summed E-state index contributed by atoms with van der Waals surface area (Å²) < 4.78 is 4.71. The summed E-state index contributed by atoms with van der Waals surface area (Å²) in [7, 11) is 0. The van der Waals surface area contributed by atoms with Crippen molar-refractivity contribution in [1.29, 1.82) is 0 Å². The van der Waals surface area contributed by atoms with Crippen LogP contribution in [0.2, 0.25) is 0 Å². The van der Waals surface area contributed by atoms with Gasteiger partial charge in [0.15, 0.2) is 5.69 Å². The SMILES string of the molecule is CC(=O)CC1CCCCCN1C(=O)c1ccon1. The average molecular weight is 250 g/mol. The highest BCUT2D eigenvalue weighted by Gasteiger charge is 2.28. The summed E-state index contributed by atoms with van der Waals surface area (Å²) in [5.41, 5.74) is 0.324. The zero-order valence-electron chi connectivity index (χ0n) is 10.6. The maximum atomic E-state index is 12.3. The van der Waals surface area contributed by atoms with Gasteiger partial charge in [0, 0.05) is 25.1 Å². The van der Waals surface area contributed by atoms with Crippen LogP contribution < -0.4 is 0 Å². The van der Waals surface area contributed by atoms with Crippen LogP contribution in [0.1, 0.15) is 49.5 Å². The highest BCUT2D eigenvalue weighted by molar-refractivity contribution is 5.92. The van der Waals surface area contributed by atoms with Gasteiger partial charge in [-0.3, -0.25) is 9.59 Å². The lowest BCUT2D eigenvalue weighted by atomic mass is 10.0. The fraction of sp³-hybridized carbons (Fsp3) is 0.615. The van der Waals surface area contributed by atoms with E-state index < -0.39 is 0 Å². The quantitative estimate of drug-likeness (QED) is 0.823. The van der Waals surface area contributed by atoms with E-state index in [1.807, 2.05) is 0 Å². The van der Waals surface area contributed by atoms with Gasteiger partial charge in [-0.1, -0.05) is 18.0 Å². The number of hydrogen-bond donors (Lipinski definition) is 0. The number of ketones is 1. The Kier molecular flexibility index (Phi) is 4.12. The standard InChI is InChI=1S/C13H18N2O3/c1-10(16)9-11-5-3-2-4-7-15(11)13(17)12-6-8-18-14-12/h6,8,11H,2-5,7,9H2,1H3. The largest absolute Gasteiger partial charge is 0.364 e. The molecular formula is C13H18N2O3. The van der Waals surface area contributed by atoms with Crippen LogP contribution in [0.15, 0.2) is 16.9 Å². The van der Waals surface area contributed by atoms with Crippen LogP contribution in [0.5, 0.6) is 0 Å². The summed E-state index contributed by atoms with van der Waals surface area (Å²) in [5, 5.41) is 3.68. The molecule has 0 saturated carbocycles. The Morgan fingerprint density at radius 1 is 1.44 bits per heavy atom. The second kappa shape index (κ2) is 5.80. The van der Waals surface area contributed by atoms with Crippen molar-refractivity contribution >= 4 is 11.7 Å². The number of aromatic nitrogens is 1. The second-order valence-electron chi connectivity index (χ2n) is 4.79. The van der Waals surface area contributed by atoms with E-state index in [1.54, 1.807) is 17.9 Å². The van der Waals surface area contributed by atoms with Gasteiger partial charge in [-0.15, -0.1) is 0 Å². The van der Waals surface area contributed by atoms with Crippen molar-refractivity contribution in [3.8, 4) is 0 Å². The molecule has 0 spiro atoms. The van der Waals surface area contributed by atoms with Gasteiger partial charge in [0.05, 0.1) is 0 Å². The summed E-state index contributed by atoms with van der Waals surface area (Å²) in [4.78, 5) is 25.4. The van der Waals surface area contributed by atoms with E-state index in [1.165, 1.54) is 6.26 Å². The lowest BCUT2D eigenvalue weighted by Gasteiger charge is -2.28. The van der Waals surface area contributed by atoms with E-state index in [0.717, 1.165) is 25.7 Å². The van der Waals surface area contributed by atoms with Crippen LogP contribution in [0.4, 0.5) is 0 Å². The third-order valence-corrected chi connectivity index (χ3v) is 3.32. The average Bonchev–Trinajstić information content (AvgIpc) is 2.76.